The zero-order valence-electron chi connectivity index (χ0n) is 30.2. The number of aliphatic hydroxyl groups excluding tert-OH is 4. The second-order valence-corrected chi connectivity index (χ2v) is 16.4. The molecule has 4 aliphatic rings. The number of rotatable bonds is 14. The van der Waals surface area contributed by atoms with Crippen LogP contribution in [0.5, 0.6) is 0 Å². The third kappa shape index (κ3) is 9.31. The van der Waals surface area contributed by atoms with Gasteiger partial charge in [0.25, 0.3) is 0 Å². The Kier molecular flexibility index (Phi) is 14.1. The minimum atomic E-state index is -1.53. The van der Waals surface area contributed by atoms with Gasteiger partial charge in [0.15, 0.2) is 6.29 Å². The van der Waals surface area contributed by atoms with E-state index in [0.29, 0.717) is 5.41 Å². The van der Waals surface area contributed by atoms with Crippen molar-refractivity contribution in [3.05, 3.63) is 11.6 Å². The summed E-state index contributed by atoms with van der Waals surface area (Å²) < 4.78 is 16.8. The summed E-state index contributed by atoms with van der Waals surface area (Å²) >= 11 is 0. The summed E-state index contributed by atoms with van der Waals surface area (Å²) in [6, 6.07) is 0. The van der Waals surface area contributed by atoms with Gasteiger partial charge in [-0.2, -0.15) is 0 Å². The minimum absolute atomic E-state index is 0.00534. The fourth-order valence-corrected chi connectivity index (χ4v) is 9.79. The fourth-order valence-electron chi connectivity index (χ4n) is 9.79. The van der Waals surface area contributed by atoms with E-state index in [2.05, 4.69) is 46.0 Å². The molecule has 1 amide bonds. The molecule has 0 spiro atoms. The van der Waals surface area contributed by atoms with Crippen LogP contribution >= 0.6 is 0 Å². The maximum Gasteiger partial charge on any atom is 0.407 e. The Morgan fingerprint density at radius 2 is 1.85 bits per heavy atom. The number of carbonyl (C=O) groups excluding carboxylic acids is 1. The summed E-state index contributed by atoms with van der Waals surface area (Å²) in [5.74, 6) is 4.81. The van der Waals surface area contributed by atoms with E-state index in [9.17, 15) is 25.2 Å². The summed E-state index contributed by atoms with van der Waals surface area (Å²) in [5.41, 5.74) is 0.417. The van der Waals surface area contributed by atoms with Crippen molar-refractivity contribution in [2.45, 2.75) is 161 Å². The van der Waals surface area contributed by atoms with Crippen LogP contribution < -0.4 is 5.32 Å². The van der Waals surface area contributed by atoms with Crippen molar-refractivity contribution >= 4 is 6.09 Å². The van der Waals surface area contributed by atoms with E-state index in [1.807, 2.05) is 0 Å². The van der Waals surface area contributed by atoms with Gasteiger partial charge in [-0.15, -0.1) is 0 Å². The van der Waals surface area contributed by atoms with Crippen molar-refractivity contribution in [1.29, 1.82) is 0 Å². The number of carbonyl (C=O) groups is 1. The first-order valence-electron chi connectivity index (χ1n) is 18.9. The Morgan fingerprint density at radius 3 is 2.55 bits per heavy atom. The van der Waals surface area contributed by atoms with E-state index in [1.54, 1.807) is 0 Å². The Hall–Kier alpha value is -1.23. The van der Waals surface area contributed by atoms with Crippen LogP contribution in [0.2, 0.25) is 0 Å². The van der Waals surface area contributed by atoms with Crippen LogP contribution in [0.25, 0.3) is 0 Å². The zero-order valence-corrected chi connectivity index (χ0v) is 30.2. The van der Waals surface area contributed by atoms with Gasteiger partial charge in [0.05, 0.1) is 13.2 Å². The molecule has 0 aromatic carbocycles. The molecule has 1 aliphatic heterocycles. The second-order valence-electron chi connectivity index (χ2n) is 16.4. The Bertz CT molecular complexity index is 1020. The highest BCUT2D eigenvalue weighted by atomic mass is 16.7. The van der Waals surface area contributed by atoms with Crippen LogP contribution in [-0.4, -0.2) is 82.6 Å². The highest BCUT2D eigenvalue weighted by molar-refractivity contribution is 5.67. The average Bonchev–Trinajstić information content (AvgIpc) is 3.40. The molecule has 272 valence electrons. The summed E-state index contributed by atoms with van der Waals surface area (Å²) in [7, 11) is 0. The van der Waals surface area contributed by atoms with E-state index in [4.69, 9.17) is 14.2 Å². The van der Waals surface area contributed by atoms with Gasteiger partial charge in [-0.1, -0.05) is 72.0 Å². The highest BCUT2D eigenvalue weighted by Gasteiger charge is 2.54. The number of nitrogens with one attached hydrogen (secondary N) is 1. The van der Waals surface area contributed by atoms with Gasteiger partial charge in [-0.05, 0) is 99.2 Å². The summed E-state index contributed by atoms with van der Waals surface area (Å²) in [5, 5.41) is 42.7. The van der Waals surface area contributed by atoms with Crippen molar-refractivity contribution in [2.75, 3.05) is 19.8 Å². The standard InChI is InChI=1S/C38H67NO8/c1-7-27-18-19-37(5)30(25(4)11-8-10-24(2)3)16-17-31(37)29(27)15-14-26-12-9-13-28(22-26)46-36(44)39-20-21-45-35-33(42)32(41)34(43)38(6,23-40)47-35/h14,24-25,27-35,40-43H,7-13,15-23H2,1-6H3,(H,39,44)/b26-14+/t25?,27?,28?,29?,30?,31?,32?,33?,34-,35?,37+,38?/m0/s1. The number of amides is 1. The van der Waals surface area contributed by atoms with Crippen LogP contribution in [0.4, 0.5) is 4.79 Å². The van der Waals surface area contributed by atoms with Crippen molar-refractivity contribution in [2.24, 2.45) is 40.9 Å². The van der Waals surface area contributed by atoms with Gasteiger partial charge < -0.3 is 40.0 Å². The molecule has 0 aromatic rings. The predicted molar refractivity (Wildman–Crippen MR) is 182 cm³/mol. The van der Waals surface area contributed by atoms with Crippen LogP contribution in [0, 0.1) is 40.9 Å². The summed E-state index contributed by atoms with van der Waals surface area (Å²) in [6.45, 7) is 13.2. The fraction of sp³-hybridized carbons (Fsp3) is 0.921. The Labute approximate surface area is 284 Å². The molecule has 9 nitrogen and oxygen atoms in total. The lowest BCUT2D eigenvalue weighted by Gasteiger charge is -2.50. The molecule has 5 N–H and O–H groups in total. The molecule has 1 saturated heterocycles. The first-order valence-corrected chi connectivity index (χ1v) is 18.9. The first-order chi connectivity index (χ1) is 22.3. The molecule has 3 saturated carbocycles. The summed E-state index contributed by atoms with van der Waals surface area (Å²) in [4.78, 5) is 12.6. The number of aliphatic hydroxyl groups is 4. The van der Waals surface area contributed by atoms with E-state index in [1.165, 1.54) is 63.9 Å². The molecule has 3 aliphatic carbocycles. The Balaban J connectivity index is 1.24. The molecule has 4 fully saturated rings. The average molecular weight is 666 g/mol. The van der Waals surface area contributed by atoms with Crippen molar-refractivity contribution in [3.63, 3.8) is 0 Å². The molecule has 0 radical (unpaired) electrons. The van der Waals surface area contributed by atoms with Crippen LogP contribution in [0.15, 0.2) is 11.6 Å². The van der Waals surface area contributed by atoms with Gasteiger partial charge in [0.2, 0.25) is 0 Å². The molecule has 1 heterocycles. The topological polar surface area (TPSA) is 138 Å². The lowest BCUT2D eigenvalue weighted by Crippen LogP contribution is -2.65. The van der Waals surface area contributed by atoms with Gasteiger partial charge in [-0.25, -0.2) is 4.79 Å². The second kappa shape index (κ2) is 17.1. The highest BCUT2D eigenvalue weighted by Crippen LogP contribution is 2.62. The zero-order chi connectivity index (χ0) is 34.4. The van der Waals surface area contributed by atoms with Crippen molar-refractivity contribution in [3.8, 4) is 0 Å². The number of allylic oxidation sites excluding steroid dienone is 1. The number of hydrogen-bond acceptors (Lipinski definition) is 8. The molecule has 47 heavy (non-hydrogen) atoms. The van der Waals surface area contributed by atoms with Gasteiger partial charge >= 0.3 is 6.09 Å². The lowest BCUT2D eigenvalue weighted by atomic mass is 9.55. The van der Waals surface area contributed by atoms with Crippen LogP contribution in [0.3, 0.4) is 0 Å². The van der Waals surface area contributed by atoms with Crippen LogP contribution in [-0.2, 0) is 14.2 Å². The quantitative estimate of drug-likeness (QED) is 0.111. The molecular formula is C38H67NO8. The largest absolute Gasteiger partial charge is 0.446 e. The third-order valence-electron chi connectivity index (χ3n) is 12.7. The lowest BCUT2D eigenvalue weighted by molar-refractivity contribution is -0.332. The monoisotopic (exact) mass is 665 g/mol. The third-order valence-corrected chi connectivity index (χ3v) is 12.7. The van der Waals surface area contributed by atoms with Crippen molar-refractivity contribution in [1.82, 2.24) is 5.32 Å². The SMILES string of the molecule is CCC1CC[C@]2(C)C(C(C)CCCC(C)C)CCC2C1C/C=C1\CCCC(OC(=O)NCCOC2OC(C)(CO)[C@@H](O)C(O)C2O)C1. The molecule has 0 aromatic heterocycles. The molecule has 10 unspecified atom stereocenters. The molecule has 4 rings (SSSR count). The minimum Gasteiger partial charge on any atom is -0.446 e. The van der Waals surface area contributed by atoms with Gasteiger partial charge in [0.1, 0.15) is 30.0 Å². The smallest absolute Gasteiger partial charge is 0.407 e. The van der Waals surface area contributed by atoms with Crippen LogP contribution in [0.1, 0.15) is 125 Å². The molecule has 9 heteroatoms. The number of alkyl carbamates (subject to hydrolysis) is 1. The van der Waals surface area contributed by atoms with E-state index in [-0.39, 0.29) is 19.3 Å². The maximum atomic E-state index is 12.6. The van der Waals surface area contributed by atoms with Gasteiger partial charge in [0, 0.05) is 13.0 Å². The van der Waals surface area contributed by atoms with E-state index in [0.717, 1.165) is 67.6 Å². The summed E-state index contributed by atoms with van der Waals surface area (Å²) in [6.07, 6.45) is 11.9. The Morgan fingerprint density at radius 1 is 1.09 bits per heavy atom. The molecule has 12 atom stereocenters. The normalized spacial score (nSPS) is 40.7. The van der Waals surface area contributed by atoms with Gasteiger partial charge in [-0.3, -0.25) is 0 Å². The number of hydrogen-bond donors (Lipinski definition) is 5. The predicted octanol–water partition coefficient (Wildman–Crippen LogP) is 6.11. The molecule has 0 bridgehead atoms. The maximum absolute atomic E-state index is 12.6. The number of fused-ring (bicyclic) bond motifs is 1. The van der Waals surface area contributed by atoms with E-state index >= 15 is 0 Å². The van der Waals surface area contributed by atoms with Crippen molar-refractivity contribution < 1.29 is 39.4 Å². The van der Waals surface area contributed by atoms with E-state index < -0.39 is 42.9 Å². The molecular weight excluding hydrogens is 598 g/mol. The first kappa shape index (κ1) is 38.6. The number of ether oxygens (including phenoxy) is 3.